The van der Waals surface area contributed by atoms with Crippen LogP contribution in [-0.2, 0) is 4.79 Å². The first kappa shape index (κ1) is 10.7. The number of amides is 1. The molecular weight excluding hydrogens is 206 g/mol. The molecule has 5 heteroatoms. The second kappa shape index (κ2) is 3.75. The predicted molar refractivity (Wildman–Crippen MR) is 53.8 cm³/mol. The van der Waals surface area contributed by atoms with E-state index in [2.05, 4.69) is 5.32 Å². The van der Waals surface area contributed by atoms with Crippen LogP contribution in [0.3, 0.4) is 0 Å². The lowest BCUT2D eigenvalue weighted by atomic mass is 10.2. The van der Waals surface area contributed by atoms with Crippen LogP contribution in [0, 0.1) is 6.92 Å². The van der Waals surface area contributed by atoms with E-state index in [1.807, 2.05) is 0 Å². The minimum atomic E-state index is -0.348. The molecule has 1 aromatic rings. The minimum Gasteiger partial charge on any atom is -0.508 e. The number of hydrogen-bond acceptors (Lipinski definition) is 3. The van der Waals surface area contributed by atoms with Crippen LogP contribution in [-0.4, -0.2) is 16.1 Å². The van der Waals surface area contributed by atoms with Crippen molar-refractivity contribution in [3.05, 3.63) is 16.7 Å². The van der Waals surface area contributed by atoms with Gasteiger partial charge in [0.25, 0.3) is 0 Å². The highest BCUT2D eigenvalue weighted by molar-refractivity contribution is 6.33. The highest BCUT2D eigenvalue weighted by Gasteiger charge is 2.13. The van der Waals surface area contributed by atoms with Gasteiger partial charge in [-0.3, -0.25) is 4.79 Å². The molecule has 0 aliphatic rings. The van der Waals surface area contributed by atoms with Crippen LogP contribution in [0.2, 0.25) is 5.02 Å². The van der Waals surface area contributed by atoms with E-state index in [1.54, 1.807) is 6.92 Å². The molecule has 0 radical (unpaired) electrons. The second-order valence-electron chi connectivity index (χ2n) is 2.91. The number of aromatic hydroxyl groups is 2. The van der Waals surface area contributed by atoms with E-state index in [4.69, 9.17) is 11.6 Å². The van der Waals surface area contributed by atoms with Gasteiger partial charge in [0.2, 0.25) is 5.91 Å². The zero-order valence-electron chi connectivity index (χ0n) is 7.76. The van der Waals surface area contributed by atoms with Gasteiger partial charge in [-0.05, 0) is 6.92 Å². The Balaban J connectivity index is 3.25. The third-order valence-corrected chi connectivity index (χ3v) is 2.23. The zero-order chi connectivity index (χ0) is 10.9. The Bertz CT molecular complexity index is 390. The molecule has 0 saturated carbocycles. The van der Waals surface area contributed by atoms with Crippen LogP contribution < -0.4 is 5.32 Å². The van der Waals surface area contributed by atoms with E-state index in [9.17, 15) is 15.0 Å². The molecule has 1 aromatic carbocycles. The quantitative estimate of drug-likeness (QED) is 0.496. The number of nitrogens with one attached hydrogen (secondary N) is 1. The summed E-state index contributed by atoms with van der Waals surface area (Å²) in [5, 5.41) is 21.2. The van der Waals surface area contributed by atoms with E-state index < -0.39 is 0 Å². The number of carbonyl (C=O) groups excluding carboxylic acids is 1. The number of halogens is 1. The van der Waals surface area contributed by atoms with Gasteiger partial charge in [0, 0.05) is 18.6 Å². The van der Waals surface area contributed by atoms with Crippen molar-refractivity contribution in [3.8, 4) is 11.5 Å². The molecule has 3 N–H and O–H groups in total. The topological polar surface area (TPSA) is 69.6 Å². The fraction of sp³-hybridized carbons (Fsp3) is 0.222. The summed E-state index contributed by atoms with van der Waals surface area (Å²) in [5.41, 5.74) is 0.476. The molecule has 0 fully saturated rings. The van der Waals surface area contributed by atoms with Gasteiger partial charge in [-0.2, -0.15) is 0 Å². The van der Waals surface area contributed by atoms with Gasteiger partial charge in [0.15, 0.2) is 5.75 Å². The first-order chi connectivity index (χ1) is 6.43. The van der Waals surface area contributed by atoms with Crippen molar-refractivity contribution in [1.29, 1.82) is 0 Å². The van der Waals surface area contributed by atoms with E-state index in [0.717, 1.165) is 0 Å². The normalized spacial score (nSPS) is 9.93. The zero-order valence-corrected chi connectivity index (χ0v) is 8.51. The first-order valence-electron chi connectivity index (χ1n) is 3.92. The SMILES string of the molecule is CC(=O)Nc1cc(O)c(C)c(Cl)c1O. The molecule has 0 bridgehead atoms. The Kier molecular flexibility index (Phi) is 2.86. The molecule has 0 heterocycles. The van der Waals surface area contributed by atoms with Crippen LogP contribution >= 0.6 is 11.6 Å². The van der Waals surface area contributed by atoms with Crippen LogP contribution in [0.15, 0.2) is 6.07 Å². The van der Waals surface area contributed by atoms with Crippen molar-refractivity contribution in [1.82, 2.24) is 0 Å². The van der Waals surface area contributed by atoms with Crippen molar-refractivity contribution in [2.24, 2.45) is 0 Å². The van der Waals surface area contributed by atoms with Crippen LogP contribution in [0.5, 0.6) is 11.5 Å². The molecule has 0 unspecified atom stereocenters. The monoisotopic (exact) mass is 215 g/mol. The van der Waals surface area contributed by atoms with E-state index in [0.29, 0.717) is 5.56 Å². The summed E-state index contributed by atoms with van der Waals surface area (Å²) in [6, 6.07) is 1.25. The maximum atomic E-state index is 10.7. The van der Waals surface area contributed by atoms with Gasteiger partial charge < -0.3 is 15.5 Å². The van der Waals surface area contributed by atoms with Crippen LogP contribution in [0.4, 0.5) is 5.69 Å². The minimum absolute atomic E-state index is 0.0359. The number of hydrogen-bond donors (Lipinski definition) is 3. The van der Waals surface area contributed by atoms with Gasteiger partial charge in [0.05, 0.1) is 10.7 Å². The van der Waals surface area contributed by atoms with Crippen molar-refractivity contribution >= 4 is 23.2 Å². The molecule has 0 saturated heterocycles. The van der Waals surface area contributed by atoms with Crippen molar-refractivity contribution < 1.29 is 15.0 Å². The van der Waals surface area contributed by atoms with Gasteiger partial charge in [-0.15, -0.1) is 0 Å². The van der Waals surface area contributed by atoms with E-state index in [1.165, 1.54) is 13.0 Å². The number of phenolic OH excluding ortho intramolecular Hbond substituents is 2. The van der Waals surface area contributed by atoms with Crippen LogP contribution in [0.1, 0.15) is 12.5 Å². The van der Waals surface area contributed by atoms with Crippen molar-refractivity contribution in [2.75, 3.05) is 5.32 Å². The van der Waals surface area contributed by atoms with Crippen molar-refractivity contribution in [2.45, 2.75) is 13.8 Å². The molecule has 4 nitrogen and oxygen atoms in total. The summed E-state index contributed by atoms with van der Waals surface area (Å²) in [6.45, 7) is 2.86. The van der Waals surface area contributed by atoms with E-state index >= 15 is 0 Å². The summed E-state index contributed by atoms with van der Waals surface area (Å²) in [4.78, 5) is 10.7. The molecule has 0 aliphatic carbocycles. The molecular formula is C9H10ClNO3. The second-order valence-corrected chi connectivity index (χ2v) is 3.29. The first-order valence-corrected chi connectivity index (χ1v) is 4.30. The fourth-order valence-electron chi connectivity index (χ4n) is 1.01. The Labute approximate surface area is 86.1 Å². The Morgan fingerprint density at radius 1 is 1.50 bits per heavy atom. The predicted octanol–water partition coefficient (Wildman–Crippen LogP) is 2.02. The Hall–Kier alpha value is -1.42. The summed E-state index contributed by atoms with van der Waals surface area (Å²) in [7, 11) is 0. The molecule has 1 amide bonds. The summed E-state index contributed by atoms with van der Waals surface area (Å²) in [5.74, 6) is -0.659. The lowest BCUT2D eigenvalue weighted by molar-refractivity contribution is -0.114. The maximum absolute atomic E-state index is 10.7. The van der Waals surface area contributed by atoms with Crippen molar-refractivity contribution in [3.63, 3.8) is 0 Å². The fourth-order valence-corrected chi connectivity index (χ4v) is 1.21. The number of rotatable bonds is 1. The highest BCUT2D eigenvalue weighted by Crippen LogP contribution is 2.39. The van der Waals surface area contributed by atoms with E-state index in [-0.39, 0.29) is 28.1 Å². The third kappa shape index (κ3) is 1.90. The summed E-state index contributed by atoms with van der Waals surface area (Å²) < 4.78 is 0. The maximum Gasteiger partial charge on any atom is 0.221 e. The molecule has 1 rings (SSSR count). The molecule has 0 atom stereocenters. The Morgan fingerprint density at radius 3 is 2.57 bits per heavy atom. The molecule has 0 aromatic heterocycles. The highest BCUT2D eigenvalue weighted by atomic mass is 35.5. The van der Waals surface area contributed by atoms with Gasteiger partial charge in [0.1, 0.15) is 5.75 Å². The Morgan fingerprint density at radius 2 is 2.07 bits per heavy atom. The van der Waals surface area contributed by atoms with Gasteiger partial charge in [-0.1, -0.05) is 11.6 Å². The number of carbonyl (C=O) groups is 1. The average Bonchev–Trinajstić information content (AvgIpc) is 2.10. The molecule has 0 aliphatic heterocycles. The molecule has 14 heavy (non-hydrogen) atoms. The van der Waals surface area contributed by atoms with Crippen LogP contribution in [0.25, 0.3) is 0 Å². The summed E-state index contributed by atoms with van der Waals surface area (Å²) >= 11 is 5.71. The number of anilines is 1. The van der Waals surface area contributed by atoms with Gasteiger partial charge in [-0.25, -0.2) is 0 Å². The number of phenols is 2. The largest absolute Gasteiger partial charge is 0.508 e. The molecule has 0 spiro atoms. The number of benzene rings is 1. The standard InChI is InChI=1S/C9H10ClNO3/c1-4-7(13)3-6(11-5(2)12)9(14)8(4)10/h3,13-14H,1-2H3,(H,11,12). The average molecular weight is 216 g/mol. The third-order valence-electron chi connectivity index (χ3n) is 1.77. The van der Waals surface area contributed by atoms with Gasteiger partial charge >= 0.3 is 0 Å². The summed E-state index contributed by atoms with van der Waals surface area (Å²) in [6.07, 6.45) is 0. The molecule has 76 valence electrons. The lowest BCUT2D eigenvalue weighted by Gasteiger charge is -2.10. The lowest BCUT2D eigenvalue weighted by Crippen LogP contribution is -2.06. The smallest absolute Gasteiger partial charge is 0.221 e.